The van der Waals surface area contributed by atoms with Gasteiger partial charge in [0.25, 0.3) is 0 Å². The van der Waals surface area contributed by atoms with E-state index < -0.39 is 110 Å². The zero-order chi connectivity index (χ0) is 32.6. The number of hydrogen-bond donors (Lipinski definition) is 0. The van der Waals surface area contributed by atoms with E-state index in [1.165, 1.54) is 6.92 Å². The monoisotopic (exact) mass is 620 g/mol. The predicted molar refractivity (Wildman–Crippen MR) is 134 cm³/mol. The summed E-state index contributed by atoms with van der Waals surface area (Å²) in [5.41, 5.74) is 0. The molecule has 242 valence electrons. The lowest BCUT2D eigenvalue weighted by Crippen LogP contribution is -2.66. The van der Waals surface area contributed by atoms with Gasteiger partial charge < -0.3 is 47.4 Å². The van der Waals surface area contributed by atoms with Crippen molar-refractivity contribution in [1.82, 2.24) is 0 Å². The number of carbonyl (C=O) groups excluding carboxylic acids is 7. The highest BCUT2D eigenvalue weighted by Gasteiger charge is 2.57. The van der Waals surface area contributed by atoms with Gasteiger partial charge in [0.05, 0.1) is 6.10 Å². The fraction of sp³-hybridized carbons (Fsp3) is 0.731. The minimum absolute atomic E-state index is 0.513. The van der Waals surface area contributed by atoms with Crippen molar-refractivity contribution in [2.45, 2.75) is 117 Å². The number of esters is 7. The van der Waals surface area contributed by atoms with Crippen LogP contribution in [0.25, 0.3) is 0 Å². The van der Waals surface area contributed by atoms with E-state index in [2.05, 4.69) is 0 Å². The van der Waals surface area contributed by atoms with Crippen LogP contribution in [0.2, 0.25) is 0 Å². The lowest BCUT2D eigenvalue weighted by atomic mass is 9.96. The van der Waals surface area contributed by atoms with Crippen LogP contribution in [0.1, 0.15) is 55.4 Å². The Morgan fingerprint density at radius 3 is 1.35 bits per heavy atom. The molecule has 0 saturated carbocycles. The number of carbonyl (C=O) groups is 7. The maximum atomic E-state index is 12.2. The highest BCUT2D eigenvalue weighted by atomic mass is 16.8. The summed E-state index contributed by atoms with van der Waals surface area (Å²) >= 11 is 0. The van der Waals surface area contributed by atoms with Crippen LogP contribution in [0.3, 0.4) is 0 Å². The van der Waals surface area contributed by atoms with E-state index in [9.17, 15) is 33.6 Å². The second kappa shape index (κ2) is 15.6. The van der Waals surface area contributed by atoms with Gasteiger partial charge in [-0.25, -0.2) is 0 Å². The molecule has 0 amide bonds. The van der Waals surface area contributed by atoms with E-state index in [0.29, 0.717) is 0 Å². The fourth-order valence-electron chi connectivity index (χ4n) is 4.51. The first-order chi connectivity index (χ1) is 20.0. The van der Waals surface area contributed by atoms with Gasteiger partial charge in [0, 0.05) is 48.5 Å². The molecule has 10 atom stereocenters. The topological polar surface area (TPSA) is 212 Å². The smallest absolute Gasteiger partial charge is 0.305 e. The average Bonchev–Trinajstić information content (AvgIpc) is 2.84. The van der Waals surface area contributed by atoms with Crippen molar-refractivity contribution in [2.24, 2.45) is 0 Å². The van der Waals surface area contributed by atoms with Gasteiger partial charge in [0.2, 0.25) is 6.29 Å². The van der Waals surface area contributed by atoms with Gasteiger partial charge in [-0.1, -0.05) is 0 Å². The predicted octanol–water partition coefficient (Wildman–Crippen LogP) is -0.374. The Hall–Kier alpha value is -3.83. The molecule has 0 N–H and O–H groups in total. The third kappa shape index (κ3) is 10.4. The van der Waals surface area contributed by atoms with E-state index in [1.807, 2.05) is 0 Å². The Kier molecular flexibility index (Phi) is 12.8. The van der Waals surface area contributed by atoms with Crippen molar-refractivity contribution in [1.29, 1.82) is 0 Å². The Morgan fingerprint density at radius 2 is 0.884 bits per heavy atom. The first kappa shape index (κ1) is 35.4. The molecule has 2 aliphatic rings. The molecular weight excluding hydrogens is 584 g/mol. The van der Waals surface area contributed by atoms with E-state index in [0.717, 1.165) is 48.5 Å². The van der Waals surface area contributed by atoms with E-state index in [4.69, 9.17) is 47.4 Å². The lowest BCUT2D eigenvalue weighted by Gasteiger charge is -2.48. The number of ether oxygens (including phenoxy) is 10. The summed E-state index contributed by atoms with van der Waals surface area (Å²) in [7, 11) is 0. The van der Waals surface area contributed by atoms with Gasteiger partial charge in [-0.05, 0) is 6.92 Å². The Morgan fingerprint density at radius 1 is 0.465 bits per heavy atom. The molecule has 0 aromatic heterocycles. The van der Waals surface area contributed by atoms with Crippen molar-refractivity contribution in [3.63, 3.8) is 0 Å². The summed E-state index contributed by atoms with van der Waals surface area (Å²) < 4.78 is 54.9. The molecule has 0 aliphatic carbocycles. The van der Waals surface area contributed by atoms with Crippen molar-refractivity contribution >= 4 is 41.8 Å². The molecule has 2 aliphatic heterocycles. The SMILES string of the molecule is CC(=O)OC[C@H]1O[C@H](OC(C)=O)[C@H](O[C@@H]2O[C@@H](C)[C@@H](OC(C)=O)[C@@H](OC(C)=O)[C@@H]2OC(C)=O)[C@@H](OC(C)=O)[C@H]1OC(C)=O. The summed E-state index contributed by atoms with van der Waals surface area (Å²) in [6.45, 7) is 8.42. The molecule has 0 radical (unpaired) electrons. The molecule has 2 heterocycles. The van der Waals surface area contributed by atoms with Crippen LogP contribution in [0.4, 0.5) is 0 Å². The third-order valence-electron chi connectivity index (χ3n) is 5.85. The zero-order valence-electron chi connectivity index (χ0n) is 24.9. The van der Waals surface area contributed by atoms with Crippen molar-refractivity contribution in [3.05, 3.63) is 0 Å². The number of rotatable bonds is 10. The summed E-state index contributed by atoms with van der Waals surface area (Å²) in [5.74, 6) is -5.78. The van der Waals surface area contributed by atoms with Gasteiger partial charge in [0.15, 0.2) is 42.9 Å². The third-order valence-corrected chi connectivity index (χ3v) is 5.85. The first-order valence-electron chi connectivity index (χ1n) is 13.1. The summed E-state index contributed by atoms with van der Waals surface area (Å²) in [4.78, 5) is 83.7. The van der Waals surface area contributed by atoms with Crippen LogP contribution in [0.15, 0.2) is 0 Å². The molecule has 2 fully saturated rings. The van der Waals surface area contributed by atoms with Crippen molar-refractivity contribution in [3.8, 4) is 0 Å². The first-order valence-corrected chi connectivity index (χ1v) is 13.1. The Labute approximate surface area is 246 Å². The maximum absolute atomic E-state index is 12.2. The summed E-state index contributed by atoms with van der Waals surface area (Å²) in [6.07, 6.45) is -14.8. The molecule has 0 bridgehead atoms. The maximum Gasteiger partial charge on any atom is 0.305 e. The molecule has 43 heavy (non-hydrogen) atoms. The highest BCUT2D eigenvalue weighted by Crippen LogP contribution is 2.35. The minimum atomic E-state index is -1.70. The van der Waals surface area contributed by atoms with Gasteiger partial charge in [-0.15, -0.1) is 0 Å². The Bertz CT molecular complexity index is 1070. The van der Waals surface area contributed by atoms with Gasteiger partial charge >= 0.3 is 41.8 Å². The molecule has 2 saturated heterocycles. The molecule has 0 aromatic rings. The average molecular weight is 621 g/mol. The van der Waals surface area contributed by atoms with Crippen LogP contribution >= 0.6 is 0 Å². The molecule has 2 rings (SSSR count). The normalized spacial score (nSPS) is 31.9. The number of hydrogen-bond acceptors (Lipinski definition) is 17. The summed E-state index contributed by atoms with van der Waals surface area (Å²) in [6, 6.07) is 0. The van der Waals surface area contributed by atoms with Gasteiger partial charge in [-0.3, -0.25) is 33.6 Å². The zero-order valence-corrected chi connectivity index (χ0v) is 24.9. The van der Waals surface area contributed by atoms with E-state index >= 15 is 0 Å². The van der Waals surface area contributed by atoms with Crippen LogP contribution in [0, 0.1) is 0 Å². The largest absolute Gasteiger partial charge is 0.463 e. The summed E-state index contributed by atoms with van der Waals surface area (Å²) in [5, 5.41) is 0. The highest BCUT2D eigenvalue weighted by molar-refractivity contribution is 5.69. The molecule has 17 heteroatoms. The molecule has 17 nitrogen and oxygen atoms in total. The second-order valence-electron chi connectivity index (χ2n) is 9.64. The fourth-order valence-corrected chi connectivity index (χ4v) is 4.51. The van der Waals surface area contributed by atoms with Crippen molar-refractivity contribution in [2.75, 3.05) is 6.61 Å². The van der Waals surface area contributed by atoms with E-state index in [-0.39, 0.29) is 0 Å². The van der Waals surface area contributed by atoms with Gasteiger partial charge in [-0.2, -0.15) is 0 Å². The van der Waals surface area contributed by atoms with E-state index in [1.54, 1.807) is 0 Å². The Balaban J connectivity index is 2.62. The molecule has 0 spiro atoms. The second-order valence-corrected chi connectivity index (χ2v) is 9.64. The van der Waals surface area contributed by atoms with Crippen LogP contribution in [-0.2, 0) is 80.9 Å². The van der Waals surface area contributed by atoms with Crippen LogP contribution in [-0.4, -0.2) is 110 Å². The van der Waals surface area contributed by atoms with Crippen LogP contribution < -0.4 is 0 Å². The standard InChI is InChI=1S/C26H36O17/c1-10-19(36-12(3)28)21(38-14(5)30)23(40-16(7)32)25(35-10)43-24-22(39-15(6)31)20(37-13(4)29)18(9-34-11(2)27)42-26(24)41-17(8)33/h10,18-26H,9H2,1-8H3/t10-,18+,19+,20-,21+,22-,23-,24+,25-,26-/m0/s1. The van der Waals surface area contributed by atoms with Crippen molar-refractivity contribution < 1.29 is 80.9 Å². The molecule has 0 aromatic carbocycles. The minimum Gasteiger partial charge on any atom is -0.463 e. The molecular formula is C26H36O17. The quantitative estimate of drug-likeness (QED) is 0.225. The van der Waals surface area contributed by atoms with Gasteiger partial charge in [0.1, 0.15) is 12.7 Å². The van der Waals surface area contributed by atoms with Crippen LogP contribution in [0.5, 0.6) is 0 Å². The lowest BCUT2D eigenvalue weighted by molar-refractivity contribution is -0.361. The molecule has 0 unspecified atom stereocenters.